The number of hydrogen-bond donors (Lipinski definition) is 2. The van der Waals surface area contributed by atoms with E-state index in [2.05, 4.69) is 0 Å². The third-order valence-electron chi connectivity index (χ3n) is 2.86. The Bertz CT molecular complexity index is 540. The predicted octanol–water partition coefficient (Wildman–Crippen LogP) is 3.01. The summed E-state index contributed by atoms with van der Waals surface area (Å²) in [5.41, 5.74) is -2.59. The highest BCUT2D eigenvalue weighted by Gasteiger charge is 2.61. The van der Waals surface area contributed by atoms with Gasteiger partial charge in [-0.05, 0) is 24.3 Å². The number of rotatable bonds is 4. The van der Waals surface area contributed by atoms with Crippen LogP contribution in [0.4, 0.5) is 9.59 Å². The Balaban J connectivity index is 2.77. The first-order valence-corrected chi connectivity index (χ1v) is 7.36. The summed E-state index contributed by atoms with van der Waals surface area (Å²) in [4.78, 5) is 23.5. The van der Waals surface area contributed by atoms with Crippen LogP contribution in [0.15, 0.2) is 60.7 Å². The Morgan fingerprint density at radius 2 is 1.00 bits per heavy atom. The fourth-order valence-corrected chi connectivity index (χ4v) is 4.56. The summed E-state index contributed by atoms with van der Waals surface area (Å²) >= 11 is 0. The second-order valence-corrected chi connectivity index (χ2v) is 7.05. The van der Waals surface area contributed by atoms with Gasteiger partial charge in [0.1, 0.15) is 10.6 Å². The first-order valence-electron chi connectivity index (χ1n) is 5.57. The van der Waals surface area contributed by atoms with Crippen LogP contribution in [0.25, 0.3) is 0 Å². The second-order valence-electron chi connectivity index (χ2n) is 3.91. The van der Waals surface area contributed by atoms with Crippen molar-refractivity contribution in [2.75, 3.05) is 0 Å². The van der Waals surface area contributed by atoms with Gasteiger partial charge in [-0.25, -0.2) is 9.59 Å². The van der Waals surface area contributed by atoms with E-state index in [1.807, 2.05) is 0 Å². The van der Waals surface area contributed by atoms with Gasteiger partial charge in [0.15, 0.2) is 0 Å². The number of carbonyl (C=O) groups is 2. The van der Waals surface area contributed by atoms with E-state index in [0.717, 1.165) is 0 Å². The van der Waals surface area contributed by atoms with E-state index < -0.39 is 18.7 Å². The molecule has 0 aliphatic heterocycles. The second kappa shape index (κ2) is 5.21. The molecule has 0 aliphatic rings. The predicted molar refractivity (Wildman–Crippen MR) is 75.1 cm³/mol. The Labute approximate surface area is 110 Å². The van der Waals surface area contributed by atoms with E-state index in [-0.39, 0.29) is 0 Å². The standard InChI is InChI=1S/C14H11O4P/c15-13(16)19(14(17)18,11-7-3-1-4-8-11)12-9-5-2-6-10-12/h1-10H,(H-,15,16,17,18)/p+1. The summed E-state index contributed by atoms with van der Waals surface area (Å²) in [7, 11) is -3.51. The van der Waals surface area contributed by atoms with Gasteiger partial charge in [-0.2, -0.15) is 0 Å². The maximum absolute atomic E-state index is 11.7. The normalized spacial score (nSPS) is 10.9. The maximum Gasteiger partial charge on any atom is 0.471 e. The molecule has 2 N–H and O–H groups in total. The van der Waals surface area contributed by atoms with Crippen molar-refractivity contribution in [3.05, 3.63) is 60.7 Å². The van der Waals surface area contributed by atoms with Crippen molar-refractivity contribution in [2.24, 2.45) is 0 Å². The summed E-state index contributed by atoms with van der Waals surface area (Å²) in [6, 6.07) is 16.3. The summed E-state index contributed by atoms with van der Waals surface area (Å²) < 4.78 is 0. The summed E-state index contributed by atoms with van der Waals surface area (Å²) in [6.45, 7) is 0. The van der Waals surface area contributed by atoms with Crippen LogP contribution in [0.5, 0.6) is 0 Å². The van der Waals surface area contributed by atoms with Gasteiger partial charge in [0.2, 0.25) is 0 Å². The average Bonchev–Trinajstić information content (AvgIpc) is 2.41. The molecule has 2 rings (SSSR count). The van der Waals surface area contributed by atoms with Crippen LogP contribution in [0.1, 0.15) is 0 Å². The van der Waals surface area contributed by atoms with Gasteiger partial charge in [-0.1, -0.05) is 36.4 Å². The molecular weight excluding hydrogens is 263 g/mol. The third kappa shape index (κ3) is 2.11. The van der Waals surface area contributed by atoms with Gasteiger partial charge in [0.25, 0.3) is 0 Å². The lowest BCUT2D eigenvalue weighted by Crippen LogP contribution is -2.32. The molecule has 0 aromatic heterocycles. The highest BCUT2D eigenvalue weighted by Crippen LogP contribution is 2.57. The Hall–Kier alpha value is -2.19. The van der Waals surface area contributed by atoms with Gasteiger partial charge < -0.3 is 10.2 Å². The third-order valence-corrected chi connectivity index (χ3v) is 6.15. The molecule has 4 nitrogen and oxygen atoms in total. The van der Waals surface area contributed by atoms with Crippen molar-refractivity contribution in [3.8, 4) is 0 Å². The SMILES string of the molecule is O=C(O)[P+](C(=O)O)(c1ccccc1)c1ccccc1. The average molecular weight is 275 g/mol. The van der Waals surface area contributed by atoms with Crippen LogP contribution in [0.3, 0.4) is 0 Å². The molecule has 0 spiro atoms. The quantitative estimate of drug-likeness (QED) is 0.841. The molecule has 5 heteroatoms. The topological polar surface area (TPSA) is 74.6 Å². The Morgan fingerprint density at radius 1 is 0.684 bits per heavy atom. The fourth-order valence-electron chi connectivity index (χ4n) is 1.98. The molecule has 0 fully saturated rings. The lowest BCUT2D eigenvalue weighted by atomic mass is 10.4. The van der Waals surface area contributed by atoms with E-state index in [9.17, 15) is 19.8 Å². The van der Waals surface area contributed by atoms with Crippen LogP contribution >= 0.6 is 7.26 Å². The van der Waals surface area contributed by atoms with Crippen molar-refractivity contribution in [1.29, 1.82) is 0 Å². The van der Waals surface area contributed by atoms with Crippen LogP contribution in [0, 0.1) is 0 Å². The molecule has 0 atom stereocenters. The molecule has 2 aromatic carbocycles. The molecule has 0 heterocycles. The van der Waals surface area contributed by atoms with Gasteiger partial charge in [0, 0.05) is 0 Å². The van der Waals surface area contributed by atoms with Crippen molar-refractivity contribution < 1.29 is 19.8 Å². The first kappa shape index (κ1) is 13.2. The molecule has 2 aromatic rings. The van der Waals surface area contributed by atoms with Gasteiger partial charge in [0.05, 0.1) is 0 Å². The molecule has 19 heavy (non-hydrogen) atoms. The van der Waals surface area contributed by atoms with E-state index in [1.165, 1.54) is 0 Å². The Morgan fingerprint density at radius 3 is 1.26 bits per heavy atom. The maximum atomic E-state index is 11.7. The van der Waals surface area contributed by atoms with E-state index in [4.69, 9.17) is 0 Å². The monoisotopic (exact) mass is 275 g/mol. The van der Waals surface area contributed by atoms with E-state index in [1.54, 1.807) is 60.7 Å². The van der Waals surface area contributed by atoms with Gasteiger partial charge in [-0.15, -0.1) is 0 Å². The Kier molecular flexibility index (Phi) is 3.63. The minimum Gasteiger partial charge on any atom is -0.451 e. The van der Waals surface area contributed by atoms with Gasteiger partial charge in [-0.3, -0.25) is 0 Å². The van der Waals surface area contributed by atoms with E-state index in [0.29, 0.717) is 10.6 Å². The van der Waals surface area contributed by atoms with Crippen LogP contribution < -0.4 is 10.6 Å². The number of carboxylic acid groups (broad SMARTS) is 2. The van der Waals surface area contributed by atoms with Crippen molar-refractivity contribution in [3.63, 3.8) is 0 Å². The van der Waals surface area contributed by atoms with E-state index >= 15 is 0 Å². The highest BCUT2D eigenvalue weighted by molar-refractivity contribution is 8.13. The van der Waals surface area contributed by atoms with Crippen LogP contribution in [-0.2, 0) is 0 Å². The molecule has 0 radical (unpaired) electrons. The zero-order valence-electron chi connectivity index (χ0n) is 9.93. The molecule has 0 bridgehead atoms. The minimum absolute atomic E-state index is 0.334. The van der Waals surface area contributed by atoms with Crippen LogP contribution in [-0.4, -0.2) is 21.6 Å². The summed E-state index contributed by atoms with van der Waals surface area (Å²) in [5.74, 6) is 0. The summed E-state index contributed by atoms with van der Waals surface area (Å²) in [6.07, 6.45) is 0. The molecule has 0 aliphatic carbocycles. The molecule has 96 valence electrons. The number of benzene rings is 2. The van der Waals surface area contributed by atoms with Crippen molar-refractivity contribution >= 4 is 29.3 Å². The fraction of sp³-hybridized carbons (Fsp3) is 0. The molecule has 0 amide bonds. The minimum atomic E-state index is -3.51. The lowest BCUT2D eigenvalue weighted by Gasteiger charge is -2.15. The van der Waals surface area contributed by atoms with Crippen molar-refractivity contribution in [2.45, 2.75) is 0 Å². The smallest absolute Gasteiger partial charge is 0.451 e. The van der Waals surface area contributed by atoms with Crippen LogP contribution in [0.2, 0.25) is 0 Å². The molecule has 0 saturated heterocycles. The largest absolute Gasteiger partial charge is 0.471 e. The molecule has 0 saturated carbocycles. The van der Waals surface area contributed by atoms with Crippen molar-refractivity contribution in [1.82, 2.24) is 0 Å². The number of hydrogen-bond acceptors (Lipinski definition) is 2. The lowest BCUT2D eigenvalue weighted by molar-refractivity contribution is 0.214. The van der Waals surface area contributed by atoms with Gasteiger partial charge >= 0.3 is 18.7 Å². The highest BCUT2D eigenvalue weighted by atomic mass is 31.2. The first-order chi connectivity index (χ1) is 9.10. The molecule has 0 unspecified atom stereocenters. The molecular formula is C14H12O4P+. The zero-order chi connectivity index (χ0) is 13.9. The zero-order valence-corrected chi connectivity index (χ0v) is 10.8. The summed E-state index contributed by atoms with van der Waals surface area (Å²) in [5, 5.41) is 19.8.